The summed E-state index contributed by atoms with van der Waals surface area (Å²) in [6.45, 7) is 0. The van der Waals surface area contributed by atoms with Gasteiger partial charge in [0.05, 0.1) is 55.1 Å². The molecule has 3 aromatic carbocycles. The number of rotatable bonds is 14. The fourth-order valence-electron chi connectivity index (χ4n) is 3.98. The third-order valence-electron chi connectivity index (χ3n) is 5.92. The van der Waals surface area contributed by atoms with Crippen LogP contribution in [0.1, 0.15) is 11.1 Å². The molecular formula is C30H33N7O6. The van der Waals surface area contributed by atoms with Crippen LogP contribution >= 0.6 is 0 Å². The Hall–Kier alpha value is -5.72. The quantitative estimate of drug-likeness (QED) is 0.133. The molecule has 43 heavy (non-hydrogen) atoms. The summed E-state index contributed by atoms with van der Waals surface area (Å²) in [5.41, 5.74) is 8.08. The Morgan fingerprint density at radius 1 is 0.558 bits per heavy atom. The van der Waals surface area contributed by atoms with E-state index in [1.807, 2.05) is 30.3 Å². The van der Waals surface area contributed by atoms with Crippen LogP contribution in [-0.4, -0.2) is 65.1 Å². The molecule has 0 aliphatic heterocycles. The summed E-state index contributed by atoms with van der Waals surface area (Å²) >= 11 is 0. The lowest BCUT2D eigenvalue weighted by Crippen LogP contribution is -2.04. The molecule has 0 bridgehead atoms. The summed E-state index contributed by atoms with van der Waals surface area (Å²) in [5.74, 6) is 4.14. The molecule has 3 N–H and O–H groups in total. The molecule has 0 spiro atoms. The van der Waals surface area contributed by atoms with Crippen molar-refractivity contribution in [1.29, 1.82) is 0 Å². The van der Waals surface area contributed by atoms with Crippen molar-refractivity contribution < 1.29 is 28.4 Å². The van der Waals surface area contributed by atoms with Crippen molar-refractivity contribution in [3.8, 4) is 34.5 Å². The minimum Gasteiger partial charge on any atom is -0.493 e. The van der Waals surface area contributed by atoms with Crippen LogP contribution in [0.25, 0.3) is 0 Å². The molecule has 0 saturated heterocycles. The summed E-state index contributed by atoms with van der Waals surface area (Å²) < 4.78 is 32.4. The van der Waals surface area contributed by atoms with E-state index < -0.39 is 0 Å². The lowest BCUT2D eigenvalue weighted by Gasteiger charge is -2.13. The average molecular weight is 588 g/mol. The van der Waals surface area contributed by atoms with Gasteiger partial charge in [-0.2, -0.15) is 20.2 Å². The number of hydrogen-bond acceptors (Lipinski definition) is 13. The van der Waals surface area contributed by atoms with E-state index in [0.717, 1.165) is 5.69 Å². The maximum atomic E-state index is 5.42. The third-order valence-corrected chi connectivity index (χ3v) is 5.92. The number of nitrogens with one attached hydrogen (secondary N) is 3. The Labute approximate surface area is 249 Å². The van der Waals surface area contributed by atoms with E-state index in [-0.39, 0.29) is 5.95 Å². The van der Waals surface area contributed by atoms with Crippen LogP contribution in [0.4, 0.5) is 23.3 Å². The molecule has 0 aliphatic carbocycles. The number of anilines is 4. The van der Waals surface area contributed by atoms with Gasteiger partial charge in [-0.05, 0) is 36.4 Å². The first kappa shape index (κ1) is 30.2. The zero-order chi connectivity index (χ0) is 30.6. The van der Waals surface area contributed by atoms with Crippen LogP contribution in [0.5, 0.6) is 34.5 Å². The molecule has 1 aromatic heterocycles. The minimum atomic E-state index is 0.218. The summed E-state index contributed by atoms with van der Waals surface area (Å²) in [7, 11) is 9.30. The van der Waals surface area contributed by atoms with Gasteiger partial charge in [-0.15, -0.1) is 0 Å². The molecule has 0 atom stereocenters. The van der Waals surface area contributed by atoms with Crippen LogP contribution in [-0.2, 0) is 0 Å². The first-order chi connectivity index (χ1) is 21.0. The average Bonchev–Trinajstić information content (AvgIpc) is 3.04. The normalized spacial score (nSPS) is 10.8. The first-order valence-electron chi connectivity index (χ1n) is 12.9. The van der Waals surface area contributed by atoms with Crippen molar-refractivity contribution >= 4 is 35.7 Å². The highest BCUT2D eigenvalue weighted by atomic mass is 16.5. The lowest BCUT2D eigenvalue weighted by molar-refractivity contribution is 0.324. The van der Waals surface area contributed by atoms with Gasteiger partial charge in [-0.1, -0.05) is 18.2 Å². The highest BCUT2D eigenvalue weighted by Gasteiger charge is 2.14. The van der Waals surface area contributed by atoms with E-state index in [2.05, 4.69) is 36.3 Å². The molecule has 13 nitrogen and oxygen atoms in total. The molecule has 0 amide bonds. The van der Waals surface area contributed by atoms with Crippen molar-refractivity contribution in [2.45, 2.75) is 0 Å². The summed E-state index contributed by atoms with van der Waals surface area (Å²) in [5, 5.41) is 11.9. The fraction of sp³-hybridized carbons (Fsp3) is 0.200. The Morgan fingerprint density at radius 3 is 1.49 bits per heavy atom. The molecule has 0 unspecified atom stereocenters. The van der Waals surface area contributed by atoms with Gasteiger partial charge in [0.1, 0.15) is 5.82 Å². The van der Waals surface area contributed by atoms with Gasteiger partial charge in [-0.3, -0.25) is 5.43 Å². The zero-order valence-electron chi connectivity index (χ0n) is 24.7. The Kier molecular flexibility index (Phi) is 10.4. The van der Waals surface area contributed by atoms with Gasteiger partial charge >= 0.3 is 0 Å². The Morgan fingerprint density at radius 2 is 1.02 bits per heavy atom. The molecule has 224 valence electrons. The Balaban J connectivity index is 1.58. The van der Waals surface area contributed by atoms with E-state index in [0.29, 0.717) is 57.3 Å². The lowest BCUT2D eigenvalue weighted by atomic mass is 10.2. The van der Waals surface area contributed by atoms with E-state index in [9.17, 15) is 0 Å². The van der Waals surface area contributed by atoms with Crippen LogP contribution < -0.4 is 44.6 Å². The third kappa shape index (κ3) is 7.73. The highest BCUT2D eigenvalue weighted by Crippen LogP contribution is 2.38. The van der Waals surface area contributed by atoms with Crippen LogP contribution in [0, 0.1) is 0 Å². The number of benzene rings is 3. The van der Waals surface area contributed by atoms with Gasteiger partial charge in [0, 0.05) is 22.9 Å². The number of aromatic nitrogens is 2. The van der Waals surface area contributed by atoms with Gasteiger partial charge in [0.25, 0.3) is 0 Å². The monoisotopic (exact) mass is 587 g/mol. The number of hydrogen-bond donors (Lipinski definition) is 3. The first-order valence-corrected chi connectivity index (χ1v) is 12.9. The minimum absolute atomic E-state index is 0.218. The van der Waals surface area contributed by atoms with Crippen LogP contribution in [0.15, 0.2) is 70.9 Å². The van der Waals surface area contributed by atoms with Gasteiger partial charge in [0.15, 0.2) is 28.8 Å². The summed E-state index contributed by atoms with van der Waals surface area (Å²) in [6, 6.07) is 18.4. The van der Waals surface area contributed by atoms with Crippen molar-refractivity contribution in [3.05, 3.63) is 71.8 Å². The number of nitrogens with zero attached hydrogens (tertiary/aromatic N) is 4. The second-order valence-corrected chi connectivity index (χ2v) is 8.61. The molecular weight excluding hydrogens is 554 g/mol. The van der Waals surface area contributed by atoms with E-state index in [4.69, 9.17) is 28.4 Å². The van der Waals surface area contributed by atoms with Crippen LogP contribution in [0.2, 0.25) is 0 Å². The molecule has 0 aliphatic rings. The number of hydrazone groups is 2. The molecule has 0 saturated carbocycles. The van der Waals surface area contributed by atoms with Crippen molar-refractivity contribution in [3.63, 3.8) is 0 Å². The molecule has 1 heterocycles. The topological polar surface area (TPSA) is 142 Å². The molecule has 0 radical (unpaired) electrons. The maximum Gasteiger partial charge on any atom is 0.247 e. The zero-order valence-corrected chi connectivity index (χ0v) is 24.7. The number of methoxy groups -OCH3 is 6. The standard InChI is InChI=1S/C30H33N7O6/c1-38-22-12-19(13-23(39-2)28(22)42-5)17-31-36-27-16-26(33-21-10-8-7-9-11-21)34-30(35-27)37-32-18-20-14-24(40-3)29(43-6)25(15-20)41-4/h7-18H,1-6H3,(H3,33,34,35,36,37). The van der Waals surface area contributed by atoms with Crippen molar-refractivity contribution in [2.24, 2.45) is 10.2 Å². The number of ether oxygens (including phenoxy) is 6. The predicted octanol–water partition coefficient (Wildman–Crippen LogP) is 5.16. The predicted molar refractivity (Wildman–Crippen MR) is 166 cm³/mol. The van der Waals surface area contributed by atoms with E-state index >= 15 is 0 Å². The smallest absolute Gasteiger partial charge is 0.247 e. The Bertz CT molecular complexity index is 1440. The molecule has 13 heteroatoms. The number of para-hydroxylation sites is 1. The second kappa shape index (κ2) is 14.8. The van der Waals surface area contributed by atoms with Gasteiger partial charge in [-0.25, -0.2) is 5.43 Å². The SMILES string of the molecule is COc1cc(C=NNc2cc(Nc3ccccc3)nc(NN=Cc3cc(OC)c(OC)c(OC)c3)n2)cc(OC)c1OC. The second-order valence-electron chi connectivity index (χ2n) is 8.61. The van der Waals surface area contributed by atoms with E-state index in [1.165, 1.54) is 0 Å². The van der Waals surface area contributed by atoms with Gasteiger partial charge in [0.2, 0.25) is 17.4 Å². The molecule has 4 aromatic rings. The summed E-state index contributed by atoms with van der Waals surface area (Å²) in [6.07, 6.45) is 3.19. The van der Waals surface area contributed by atoms with Crippen molar-refractivity contribution in [2.75, 3.05) is 58.8 Å². The fourth-order valence-corrected chi connectivity index (χ4v) is 3.98. The van der Waals surface area contributed by atoms with E-state index in [1.54, 1.807) is 85.4 Å². The van der Waals surface area contributed by atoms with Crippen molar-refractivity contribution in [1.82, 2.24) is 9.97 Å². The largest absolute Gasteiger partial charge is 0.493 e. The van der Waals surface area contributed by atoms with Crippen LogP contribution in [0.3, 0.4) is 0 Å². The highest BCUT2D eigenvalue weighted by molar-refractivity contribution is 5.84. The molecule has 0 fully saturated rings. The summed E-state index contributed by atoms with van der Waals surface area (Å²) in [4.78, 5) is 9.02. The molecule has 4 rings (SSSR count). The van der Waals surface area contributed by atoms with Gasteiger partial charge < -0.3 is 33.7 Å². The maximum absolute atomic E-state index is 5.42.